The molecule has 0 radical (unpaired) electrons. The monoisotopic (exact) mass is 244 g/mol. The molecule has 0 saturated carbocycles. The Morgan fingerprint density at radius 1 is 1.69 bits per heavy atom. The third-order valence-corrected chi connectivity index (χ3v) is 3.27. The number of nitrogens with two attached hydrogens (primary N) is 1. The third-order valence-electron chi connectivity index (χ3n) is 2.21. The van der Waals surface area contributed by atoms with Gasteiger partial charge in [-0.2, -0.15) is 0 Å². The fourth-order valence-corrected chi connectivity index (χ4v) is 1.98. The molecular weight excluding hydrogens is 228 g/mol. The lowest BCUT2D eigenvalue weighted by Crippen LogP contribution is -2.36. The van der Waals surface area contributed by atoms with Crippen molar-refractivity contribution < 1.29 is 4.92 Å². The number of hydrogen-bond acceptors (Lipinski definition) is 6. The van der Waals surface area contributed by atoms with Gasteiger partial charge in [0.05, 0.1) is 4.92 Å². The largest absolute Gasteiger partial charge is 0.350 e. The van der Waals surface area contributed by atoms with Crippen LogP contribution in [-0.4, -0.2) is 30.0 Å². The van der Waals surface area contributed by atoms with Crippen LogP contribution in [0, 0.1) is 15.5 Å². The fraction of sp³-hybridized carbons (Fsp3) is 0.667. The van der Waals surface area contributed by atoms with Gasteiger partial charge in [0.1, 0.15) is 6.20 Å². The molecule has 16 heavy (non-hydrogen) atoms. The van der Waals surface area contributed by atoms with Crippen molar-refractivity contribution in [2.75, 3.05) is 25.0 Å². The number of rotatable bonds is 5. The summed E-state index contributed by atoms with van der Waals surface area (Å²) in [4.78, 5) is 16.0. The minimum atomic E-state index is -0.427. The van der Waals surface area contributed by atoms with E-state index in [1.807, 2.05) is 25.8 Å². The highest BCUT2D eigenvalue weighted by Gasteiger charge is 2.21. The number of thiazole rings is 1. The highest BCUT2D eigenvalue weighted by atomic mass is 32.1. The molecule has 90 valence electrons. The first-order chi connectivity index (χ1) is 7.35. The molecule has 1 aromatic rings. The Bertz CT molecular complexity index is 377. The van der Waals surface area contributed by atoms with Gasteiger partial charge in [0.15, 0.2) is 5.13 Å². The maximum Gasteiger partial charge on any atom is 0.345 e. The van der Waals surface area contributed by atoms with Gasteiger partial charge in [0.25, 0.3) is 0 Å². The Morgan fingerprint density at radius 3 is 2.75 bits per heavy atom. The molecular formula is C9H16N4O2S. The summed E-state index contributed by atoms with van der Waals surface area (Å²) in [6.45, 7) is 5.37. The van der Waals surface area contributed by atoms with Crippen LogP contribution in [0.2, 0.25) is 0 Å². The van der Waals surface area contributed by atoms with E-state index in [1.165, 1.54) is 6.20 Å². The van der Waals surface area contributed by atoms with E-state index >= 15 is 0 Å². The number of nitrogens with zero attached hydrogens (tertiary/aromatic N) is 3. The molecule has 0 amide bonds. The Labute approximate surface area is 98.2 Å². The van der Waals surface area contributed by atoms with Crippen molar-refractivity contribution in [1.82, 2.24) is 4.98 Å². The molecule has 0 fully saturated rings. The zero-order chi connectivity index (χ0) is 12.3. The van der Waals surface area contributed by atoms with Crippen molar-refractivity contribution in [3.05, 3.63) is 16.3 Å². The van der Waals surface area contributed by atoms with E-state index in [0.29, 0.717) is 18.2 Å². The molecule has 0 atom stereocenters. The SMILES string of the molecule is CN(CC(C)(C)CN)c1ncc([N+](=O)[O-])s1. The van der Waals surface area contributed by atoms with E-state index in [2.05, 4.69) is 4.98 Å². The predicted molar refractivity (Wildman–Crippen MR) is 64.9 cm³/mol. The average molecular weight is 244 g/mol. The van der Waals surface area contributed by atoms with E-state index in [9.17, 15) is 10.1 Å². The standard InChI is InChI=1S/C9H16N4O2S/c1-9(2,5-10)6-12(3)8-11-4-7(16-8)13(14)15/h4H,5-6,10H2,1-3H3. The van der Waals surface area contributed by atoms with Gasteiger partial charge in [-0.3, -0.25) is 10.1 Å². The van der Waals surface area contributed by atoms with Crippen molar-refractivity contribution in [3.8, 4) is 0 Å². The minimum Gasteiger partial charge on any atom is -0.350 e. The zero-order valence-electron chi connectivity index (χ0n) is 9.64. The molecule has 0 bridgehead atoms. The highest BCUT2D eigenvalue weighted by Crippen LogP contribution is 2.29. The third kappa shape index (κ3) is 3.14. The summed E-state index contributed by atoms with van der Waals surface area (Å²) in [6.07, 6.45) is 1.28. The summed E-state index contributed by atoms with van der Waals surface area (Å²) >= 11 is 1.08. The van der Waals surface area contributed by atoms with Crippen LogP contribution in [-0.2, 0) is 0 Å². The first-order valence-corrected chi connectivity index (χ1v) is 5.69. The summed E-state index contributed by atoms with van der Waals surface area (Å²) in [5.41, 5.74) is 5.60. The molecule has 0 spiro atoms. The van der Waals surface area contributed by atoms with Crippen molar-refractivity contribution in [3.63, 3.8) is 0 Å². The maximum atomic E-state index is 10.5. The summed E-state index contributed by atoms with van der Waals surface area (Å²) in [7, 11) is 1.86. The van der Waals surface area contributed by atoms with Gasteiger partial charge in [0.2, 0.25) is 0 Å². The van der Waals surface area contributed by atoms with Crippen molar-refractivity contribution in [2.45, 2.75) is 13.8 Å². The van der Waals surface area contributed by atoms with Crippen LogP contribution in [0.15, 0.2) is 6.20 Å². The Balaban J connectivity index is 2.73. The molecule has 0 unspecified atom stereocenters. The molecule has 0 aromatic carbocycles. The fourth-order valence-electron chi connectivity index (χ4n) is 1.29. The van der Waals surface area contributed by atoms with Crippen LogP contribution >= 0.6 is 11.3 Å². The Hall–Kier alpha value is -1.21. The van der Waals surface area contributed by atoms with Crippen molar-refractivity contribution in [2.24, 2.45) is 11.1 Å². The number of anilines is 1. The maximum absolute atomic E-state index is 10.5. The highest BCUT2D eigenvalue weighted by molar-refractivity contribution is 7.18. The molecule has 1 heterocycles. The summed E-state index contributed by atoms with van der Waals surface area (Å²) in [5.74, 6) is 0. The Kier molecular flexibility index (Phi) is 3.82. The second kappa shape index (κ2) is 4.75. The molecule has 1 aromatic heterocycles. The van der Waals surface area contributed by atoms with Gasteiger partial charge < -0.3 is 10.6 Å². The predicted octanol–water partition coefficient (Wildman–Crippen LogP) is 1.47. The molecule has 0 saturated heterocycles. The molecule has 6 nitrogen and oxygen atoms in total. The number of hydrogen-bond donors (Lipinski definition) is 1. The molecule has 0 aliphatic carbocycles. The van der Waals surface area contributed by atoms with Crippen LogP contribution in [0.1, 0.15) is 13.8 Å². The van der Waals surface area contributed by atoms with Crippen molar-refractivity contribution in [1.29, 1.82) is 0 Å². The van der Waals surface area contributed by atoms with Crippen LogP contribution in [0.3, 0.4) is 0 Å². The number of aromatic nitrogens is 1. The van der Waals surface area contributed by atoms with Gasteiger partial charge >= 0.3 is 5.00 Å². The summed E-state index contributed by atoms with van der Waals surface area (Å²) in [5, 5.41) is 11.2. The van der Waals surface area contributed by atoms with E-state index < -0.39 is 4.92 Å². The first-order valence-electron chi connectivity index (χ1n) is 4.87. The second-order valence-corrected chi connectivity index (χ2v) is 5.45. The molecule has 0 aliphatic heterocycles. The summed E-state index contributed by atoms with van der Waals surface area (Å²) in [6, 6.07) is 0. The average Bonchev–Trinajstić information content (AvgIpc) is 2.66. The van der Waals surface area contributed by atoms with E-state index in [1.54, 1.807) is 0 Å². The van der Waals surface area contributed by atoms with Gasteiger partial charge in [-0.15, -0.1) is 0 Å². The molecule has 1 rings (SSSR count). The number of nitro groups is 1. The lowest BCUT2D eigenvalue weighted by Gasteiger charge is -2.28. The molecule has 2 N–H and O–H groups in total. The van der Waals surface area contributed by atoms with Crippen LogP contribution < -0.4 is 10.6 Å². The van der Waals surface area contributed by atoms with E-state index in [0.717, 1.165) is 11.3 Å². The topological polar surface area (TPSA) is 85.3 Å². The quantitative estimate of drug-likeness (QED) is 0.626. The zero-order valence-corrected chi connectivity index (χ0v) is 10.5. The lowest BCUT2D eigenvalue weighted by atomic mass is 9.93. The van der Waals surface area contributed by atoms with Crippen molar-refractivity contribution >= 4 is 21.5 Å². The first kappa shape index (κ1) is 12.9. The molecule has 0 aliphatic rings. The van der Waals surface area contributed by atoms with E-state index in [-0.39, 0.29) is 10.4 Å². The van der Waals surface area contributed by atoms with E-state index in [4.69, 9.17) is 5.73 Å². The molecule has 7 heteroatoms. The van der Waals surface area contributed by atoms with Crippen LogP contribution in [0.5, 0.6) is 0 Å². The van der Waals surface area contributed by atoms with Gasteiger partial charge in [-0.05, 0) is 23.3 Å². The Morgan fingerprint density at radius 2 is 2.31 bits per heavy atom. The van der Waals surface area contributed by atoms with Crippen LogP contribution in [0.4, 0.5) is 10.1 Å². The van der Waals surface area contributed by atoms with Gasteiger partial charge in [0, 0.05) is 13.6 Å². The second-order valence-electron chi connectivity index (χ2n) is 4.46. The normalized spacial score (nSPS) is 11.5. The minimum absolute atomic E-state index is 0.0325. The smallest absolute Gasteiger partial charge is 0.345 e. The van der Waals surface area contributed by atoms with Gasteiger partial charge in [-0.1, -0.05) is 13.8 Å². The van der Waals surface area contributed by atoms with Crippen LogP contribution in [0.25, 0.3) is 0 Å². The summed E-state index contributed by atoms with van der Waals surface area (Å²) < 4.78 is 0. The van der Waals surface area contributed by atoms with Gasteiger partial charge in [-0.25, -0.2) is 4.98 Å². The lowest BCUT2D eigenvalue weighted by molar-refractivity contribution is -0.380.